The van der Waals surface area contributed by atoms with Crippen molar-refractivity contribution in [2.24, 2.45) is 0 Å². The monoisotopic (exact) mass is 753 g/mol. The molecule has 2 N–H and O–H groups in total. The van der Waals surface area contributed by atoms with E-state index in [2.05, 4.69) is 48.5 Å². The van der Waals surface area contributed by atoms with Crippen LogP contribution in [0.4, 0.5) is 4.79 Å². The van der Waals surface area contributed by atoms with Crippen LogP contribution < -0.4 is 5.32 Å². The highest BCUT2D eigenvalue weighted by Gasteiger charge is 2.40. The molecular formula is C46H47N3O7. The summed E-state index contributed by atoms with van der Waals surface area (Å²) in [5.41, 5.74) is 7.50. The van der Waals surface area contributed by atoms with Gasteiger partial charge in [0.1, 0.15) is 12.6 Å². The molecule has 2 aliphatic heterocycles. The van der Waals surface area contributed by atoms with Crippen molar-refractivity contribution in [2.75, 3.05) is 13.6 Å². The second kappa shape index (κ2) is 17.9. The lowest BCUT2D eigenvalue weighted by Crippen LogP contribution is -2.41. The first-order valence-electron chi connectivity index (χ1n) is 19.0. The Kier molecular flexibility index (Phi) is 12.3. The van der Waals surface area contributed by atoms with Gasteiger partial charge in [-0.05, 0) is 59.0 Å². The molecule has 0 aromatic heterocycles. The maximum absolute atomic E-state index is 13.2. The van der Waals surface area contributed by atoms with Gasteiger partial charge in [0.15, 0.2) is 6.29 Å². The Bertz CT molecular complexity index is 2090. The van der Waals surface area contributed by atoms with Crippen LogP contribution in [0.2, 0.25) is 0 Å². The van der Waals surface area contributed by atoms with Crippen LogP contribution in [0, 0.1) is 0 Å². The van der Waals surface area contributed by atoms with Gasteiger partial charge in [-0.2, -0.15) is 0 Å². The molecule has 10 heteroatoms. The van der Waals surface area contributed by atoms with Gasteiger partial charge in [0.2, 0.25) is 5.91 Å². The van der Waals surface area contributed by atoms with E-state index < -0.39 is 24.3 Å². The number of ether oxygens (including phenoxy) is 3. The number of carbonyl (C=O) groups excluding carboxylic acids is 3. The molecule has 0 bridgehead atoms. The van der Waals surface area contributed by atoms with Gasteiger partial charge in [0.25, 0.3) is 5.91 Å². The van der Waals surface area contributed by atoms with Crippen molar-refractivity contribution in [2.45, 2.75) is 70.1 Å². The van der Waals surface area contributed by atoms with Crippen LogP contribution in [0.25, 0.3) is 11.1 Å². The molecule has 5 unspecified atom stereocenters. The number of aliphatic hydroxyl groups is 1. The number of nitrogens with one attached hydrogen (secondary N) is 1. The second-order valence-corrected chi connectivity index (χ2v) is 14.5. The van der Waals surface area contributed by atoms with Crippen molar-refractivity contribution in [1.29, 1.82) is 0 Å². The molecule has 10 nitrogen and oxygen atoms in total. The molecule has 0 saturated carbocycles. The third-order valence-corrected chi connectivity index (χ3v) is 10.6. The van der Waals surface area contributed by atoms with Gasteiger partial charge in [0, 0.05) is 24.6 Å². The summed E-state index contributed by atoms with van der Waals surface area (Å²) in [4.78, 5) is 42.0. The zero-order valence-electron chi connectivity index (χ0n) is 31.6. The number of nitrogens with zero attached hydrogens (tertiary/aromatic N) is 2. The maximum atomic E-state index is 13.2. The van der Waals surface area contributed by atoms with Crippen molar-refractivity contribution in [3.63, 3.8) is 0 Å². The lowest BCUT2D eigenvalue weighted by molar-refractivity contribution is -0.253. The fraction of sp³-hybridized carbons (Fsp3) is 0.283. The molecule has 2 saturated heterocycles. The van der Waals surface area contributed by atoms with Gasteiger partial charge in [-0.25, -0.2) is 4.79 Å². The number of amides is 3. The number of imide groups is 1. The zero-order chi connectivity index (χ0) is 39.0. The Morgan fingerprint density at radius 2 is 1.50 bits per heavy atom. The van der Waals surface area contributed by atoms with Gasteiger partial charge in [-0.15, -0.1) is 0 Å². The first-order chi connectivity index (χ1) is 27.2. The van der Waals surface area contributed by atoms with Gasteiger partial charge in [-0.3, -0.25) is 19.4 Å². The third kappa shape index (κ3) is 9.41. The molecule has 56 heavy (non-hydrogen) atoms. The van der Waals surface area contributed by atoms with E-state index in [1.54, 1.807) is 0 Å². The normalized spacial score (nSPS) is 20.2. The van der Waals surface area contributed by atoms with Crippen molar-refractivity contribution >= 4 is 17.9 Å². The minimum atomic E-state index is -0.975. The number of aliphatic hydroxyl groups excluding tert-OH is 1. The Morgan fingerprint density at radius 3 is 2.21 bits per heavy atom. The number of likely N-dealkylation sites (N-methyl/N-ethyl adjacent to an activating group) is 1. The highest BCUT2D eigenvalue weighted by Crippen LogP contribution is 2.39. The Morgan fingerprint density at radius 1 is 0.821 bits per heavy atom. The fourth-order valence-electron chi connectivity index (χ4n) is 7.23. The van der Waals surface area contributed by atoms with Crippen LogP contribution in [-0.4, -0.2) is 58.6 Å². The number of hydrogen-bond acceptors (Lipinski definition) is 8. The smallest absolute Gasteiger partial charge is 0.408 e. The van der Waals surface area contributed by atoms with Crippen molar-refractivity contribution in [3.05, 3.63) is 167 Å². The van der Waals surface area contributed by atoms with E-state index in [-0.39, 0.29) is 50.3 Å². The maximum Gasteiger partial charge on any atom is 0.408 e. The van der Waals surface area contributed by atoms with Gasteiger partial charge < -0.3 is 24.6 Å². The number of carbonyl (C=O) groups is 3. The Hall–Kier alpha value is -5.65. The second-order valence-electron chi connectivity index (χ2n) is 14.5. The summed E-state index contributed by atoms with van der Waals surface area (Å²) in [5.74, 6) is -0.817. The summed E-state index contributed by atoms with van der Waals surface area (Å²) in [7, 11) is 2.12. The summed E-state index contributed by atoms with van der Waals surface area (Å²) in [6.07, 6.45) is -1.08. The van der Waals surface area contributed by atoms with Crippen LogP contribution in [0.1, 0.15) is 71.6 Å². The van der Waals surface area contributed by atoms with Gasteiger partial charge in [-0.1, -0.05) is 127 Å². The molecule has 7 rings (SSSR count). The SMILES string of the molecule is CC(c1ccccc1)N(C)CC1CC(c2ccc(CO)cc2)OC(c2ccc(-c3cccc(CN4C(=O)CC(NC(=O)OCc5ccccc5)C4=O)c3)cc2)O1. The Balaban J connectivity index is 1.01. The molecule has 3 amide bonds. The van der Waals surface area contributed by atoms with Gasteiger partial charge >= 0.3 is 6.09 Å². The largest absolute Gasteiger partial charge is 0.445 e. The third-order valence-electron chi connectivity index (χ3n) is 10.6. The van der Waals surface area contributed by atoms with Crippen LogP contribution in [0.15, 0.2) is 133 Å². The van der Waals surface area contributed by atoms with Crippen LogP contribution in [0.3, 0.4) is 0 Å². The molecule has 2 heterocycles. The summed E-state index contributed by atoms with van der Waals surface area (Å²) in [5, 5.41) is 12.1. The highest BCUT2D eigenvalue weighted by atomic mass is 16.7. The van der Waals surface area contributed by atoms with E-state index in [0.29, 0.717) is 13.0 Å². The Labute approximate surface area is 327 Å². The van der Waals surface area contributed by atoms with Crippen LogP contribution >= 0.6 is 0 Å². The number of benzene rings is 5. The highest BCUT2D eigenvalue weighted by molar-refractivity contribution is 6.06. The average Bonchev–Trinajstić information content (AvgIpc) is 3.50. The van der Waals surface area contributed by atoms with Gasteiger partial charge in [0.05, 0.1) is 31.8 Å². The van der Waals surface area contributed by atoms with Crippen molar-refractivity contribution in [1.82, 2.24) is 15.1 Å². The lowest BCUT2D eigenvalue weighted by Gasteiger charge is -2.39. The molecule has 0 aliphatic carbocycles. The van der Waals surface area contributed by atoms with Crippen LogP contribution in [0.5, 0.6) is 0 Å². The molecule has 288 valence electrons. The molecule has 2 fully saturated rings. The van der Waals surface area contributed by atoms with E-state index >= 15 is 0 Å². The molecule has 5 aromatic rings. The topological polar surface area (TPSA) is 118 Å². The van der Waals surface area contributed by atoms with Crippen molar-refractivity contribution in [3.8, 4) is 11.1 Å². The average molecular weight is 754 g/mol. The molecule has 2 aliphatic rings. The fourth-order valence-corrected chi connectivity index (χ4v) is 7.23. The summed E-state index contributed by atoms with van der Waals surface area (Å²) in [6.45, 7) is 3.05. The van der Waals surface area contributed by atoms with E-state index in [0.717, 1.165) is 38.9 Å². The molecule has 0 radical (unpaired) electrons. The van der Waals surface area contributed by atoms with E-state index in [1.807, 2.05) is 109 Å². The number of rotatable bonds is 13. The lowest BCUT2D eigenvalue weighted by atomic mass is 9.98. The van der Waals surface area contributed by atoms with E-state index in [1.165, 1.54) is 10.5 Å². The standard InChI is InChI=1S/C46H47N3O7/c1-31(35-13-7-4-8-14-35)48(2)28-40-25-42(37-18-16-32(29-50)17-19-37)56-45(55-40)38-22-20-36(21-23-38)39-15-9-12-34(24-39)27-49-43(51)26-41(44(49)52)47-46(53)54-30-33-10-5-3-6-11-33/h3-24,31,40-42,45,50H,25-30H2,1-2H3,(H,47,53). The van der Waals surface area contributed by atoms with Crippen molar-refractivity contribution < 1.29 is 33.7 Å². The number of likely N-dealkylation sites (tertiary alicyclic amines) is 1. The molecule has 0 spiro atoms. The summed E-state index contributed by atoms with van der Waals surface area (Å²) >= 11 is 0. The first kappa shape index (κ1) is 38.6. The molecular weight excluding hydrogens is 707 g/mol. The summed E-state index contributed by atoms with van der Waals surface area (Å²) < 4.78 is 18.5. The quantitative estimate of drug-likeness (QED) is 0.118. The minimum absolute atomic E-state index is 0.0159. The number of hydrogen-bond donors (Lipinski definition) is 2. The predicted molar refractivity (Wildman–Crippen MR) is 212 cm³/mol. The molecule has 5 atom stereocenters. The number of alkyl carbamates (subject to hydrolysis) is 1. The van der Waals surface area contributed by atoms with E-state index in [4.69, 9.17) is 14.2 Å². The van der Waals surface area contributed by atoms with Crippen LogP contribution in [-0.2, 0) is 43.6 Å². The minimum Gasteiger partial charge on any atom is -0.445 e. The summed E-state index contributed by atoms with van der Waals surface area (Å²) in [6, 6.07) is 42.6. The molecule has 5 aromatic carbocycles. The zero-order valence-corrected chi connectivity index (χ0v) is 31.6. The van der Waals surface area contributed by atoms with E-state index in [9.17, 15) is 19.5 Å². The first-order valence-corrected chi connectivity index (χ1v) is 19.0. The predicted octanol–water partition coefficient (Wildman–Crippen LogP) is 7.64.